The molecule has 2 aromatic rings. The molecule has 1 aliphatic rings. The van der Waals surface area contributed by atoms with Crippen molar-refractivity contribution in [1.29, 1.82) is 0 Å². The first kappa shape index (κ1) is 11.6. The van der Waals surface area contributed by atoms with Crippen LogP contribution in [0.4, 0.5) is 4.39 Å². The quantitative estimate of drug-likeness (QED) is 0.846. The van der Waals surface area contributed by atoms with Gasteiger partial charge in [0, 0.05) is 13.1 Å². The van der Waals surface area contributed by atoms with Gasteiger partial charge >= 0.3 is 0 Å². The van der Waals surface area contributed by atoms with Crippen LogP contribution in [0.25, 0.3) is 11.0 Å². The maximum Gasteiger partial charge on any atom is 0.125 e. The standard InChI is InChI=1S/C13H17FN4/c14-10-2-3-11-12(8-10)17-13(16-11)9-18-6-1-4-15-5-7-18/h2-3,8,15H,1,4-7,9H2,(H,16,17). The molecule has 1 aliphatic heterocycles. The number of fused-ring (bicyclic) bond motifs is 1. The minimum absolute atomic E-state index is 0.225. The van der Waals surface area contributed by atoms with E-state index < -0.39 is 0 Å². The number of halogens is 1. The molecular formula is C13H17FN4. The van der Waals surface area contributed by atoms with Crippen molar-refractivity contribution < 1.29 is 4.39 Å². The zero-order valence-electron chi connectivity index (χ0n) is 10.2. The van der Waals surface area contributed by atoms with E-state index in [1.165, 1.54) is 12.1 Å². The van der Waals surface area contributed by atoms with Crippen molar-refractivity contribution in [1.82, 2.24) is 20.2 Å². The summed E-state index contributed by atoms with van der Waals surface area (Å²) in [5, 5.41) is 3.38. The lowest BCUT2D eigenvalue weighted by molar-refractivity contribution is 0.278. The van der Waals surface area contributed by atoms with Gasteiger partial charge in [-0.05, 0) is 37.7 Å². The summed E-state index contributed by atoms with van der Waals surface area (Å²) in [6.45, 7) is 5.03. The van der Waals surface area contributed by atoms with E-state index in [2.05, 4.69) is 20.2 Å². The lowest BCUT2D eigenvalue weighted by Gasteiger charge is -2.17. The molecule has 96 valence electrons. The second-order valence-corrected chi connectivity index (χ2v) is 4.72. The Kier molecular flexibility index (Phi) is 3.25. The maximum atomic E-state index is 13.1. The average Bonchev–Trinajstić information content (AvgIpc) is 2.57. The molecule has 0 atom stereocenters. The first-order valence-corrected chi connectivity index (χ1v) is 6.38. The molecule has 0 bridgehead atoms. The van der Waals surface area contributed by atoms with Crippen molar-refractivity contribution >= 4 is 11.0 Å². The van der Waals surface area contributed by atoms with Crippen LogP contribution in [0.15, 0.2) is 18.2 Å². The summed E-state index contributed by atoms with van der Waals surface area (Å²) in [5.74, 6) is 0.689. The highest BCUT2D eigenvalue weighted by Gasteiger charge is 2.11. The summed E-state index contributed by atoms with van der Waals surface area (Å²) in [6.07, 6.45) is 1.16. The first-order valence-electron chi connectivity index (χ1n) is 6.38. The van der Waals surface area contributed by atoms with Gasteiger partial charge in [0.05, 0.1) is 17.6 Å². The molecule has 0 spiro atoms. The Morgan fingerprint density at radius 1 is 1.28 bits per heavy atom. The van der Waals surface area contributed by atoms with Crippen LogP contribution >= 0.6 is 0 Å². The summed E-state index contributed by atoms with van der Waals surface area (Å²) < 4.78 is 13.1. The monoisotopic (exact) mass is 248 g/mol. The van der Waals surface area contributed by atoms with E-state index in [1.54, 1.807) is 6.07 Å². The topological polar surface area (TPSA) is 44.0 Å². The van der Waals surface area contributed by atoms with E-state index in [1.807, 2.05) is 0 Å². The van der Waals surface area contributed by atoms with E-state index in [-0.39, 0.29) is 5.82 Å². The van der Waals surface area contributed by atoms with Gasteiger partial charge in [-0.3, -0.25) is 4.90 Å². The number of aromatic nitrogens is 2. The number of hydrogen-bond donors (Lipinski definition) is 2. The van der Waals surface area contributed by atoms with E-state index in [0.717, 1.165) is 56.0 Å². The molecule has 0 unspecified atom stereocenters. The number of H-pyrrole nitrogens is 1. The summed E-state index contributed by atoms with van der Waals surface area (Å²) in [5.41, 5.74) is 1.61. The third-order valence-corrected chi connectivity index (χ3v) is 3.30. The van der Waals surface area contributed by atoms with Gasteiger partial charge in [0.2, 0.25) is 0 Å². The van der Waals surface area contributed by atoms with Crippen LogP contribution in [0, 0.1) is 5.82 Å². The van der Waals surface area contributed by atoms with Crippen LogP contribution in [0.3, 0.4) is 0 Å². The SMILES string of the molecule is Fc1ccc2nc(CN3CCCNCC3)[nH]c2c1. The van der Waals surface area contributed by atoms with E-state index >= 15 is 0 Å². The lowest BCUT2D eigenvalue weighted by Crippen LogP contribution is -2.28. The normalized spacial score (nSPS) is 18.1. The minimum Gasteiger partial charge on any atom is -0.341 e. The van der Waals surface area contributed by atoms with Gasteiger partial charge in [0.15, 0.2) is 0 Å². The molecule has 0 radical (unpaired) electrons. The lowest BCUT2D eigenvalue weighted by atomic mass is 10.3. The Bertz CT molecular complexity index is 529. The van der Waals surface area contributed by atoms with Crippen molar-refractivity contribution in [3.63, 3.8) is 0 Å². The Hall–Kier alpha value is -1.46. The van der Waals surface area contributed by atoms with Crippen LogP contribution < -0.4 is 5.32 Å². The predicted octanol–water partition coefficient (Wildman–Crippen LogP) is 1.50. The first-order chi connectivity index (χ1) is 8.81. The van der Waals surface area contributed by atoms with E-state index in [9.17, 15) is 4.39 Å². The highest BCUT2D eigenvalue weighted by atomic mass is 19.1. The molecule has 4 nitrogen and oxygen atoms in total. The maximum absolute atomic E-state index is 13.1. The van der Waals surface area contributed by atoms with Gasteiger partial charge in [-0.15, -0.1) is 0 Å². The van der Waals surface area contributed by atoms with Gasteiger partial charge in [-0.1, -0.05) is 0 Å². The molecule has 3 rings (SSSR count). The van der Waals surface area contributed by atoms with Gasteiger partial charge < -0.3 is 10.3 Å². The molecule has 0 amide bonds. The molecule has 0 saturated carbocycles. The Labute approximate surface area is 105 Å². The highest BCUT2D eigenvalue weighted by molar-refractivity contribution is 5.74. The third-order valence-electron chi connectivity index (χ3n) is 3.30. The summed E-state index contributed by atoms with van der Waals surface area (Å²) in [6, 6.07) is 4.66. The predicted molar refractivity (Wildman–Crippen MR) is 68.8 cm³/mol. The fourth-order valence-corrected chi connectivity index (χ4v) is 2.38. The number of rotatable bonds is 2. The molecular weight excluding hydrogens is 231 g/mol. The molecule has 5 heteroatoms. The largest absolute Gasteiger partial charge is 0.341 e. The highest BCUT2D eigenvalue weighted by Crippen LogP contribution is 2.14. The number of imidazole rings is 1. The van der Waals surface area contributed by atoms with Crippen molar-refractivity contribution in [2.45, 2.75) is 13.0 Å². The summed E-state index contributed by atoms with van der Waals surface area (Å²) >= 11 is 0. The molecule has 0 aliphatic carbocycles. The number of nitrogens with one attached hydrogen (secondary N) is 2. The Morgan fingerprint density at radius 2 is 2.22 bits per heavy atom. The second kappa shape index (κ2) is 5.04. The molecule has 1 aromatic heterocycles. The van der Waals surface area contributed by atoms with Crippen LogP contribution in [-0.2, 0) is 6.54 Å². The zero-order chi connectivity index (χ0) is 12.4. The third kappa shape index (κ3) is 2.52. The van der Waals surface area contributed by atoms with Gasteiger partial charge in [0.25, 0.3) is 0 Å². The van der Waals surface area contributed by atoms with E-state index in [4.69, 9.17) is 0 Å². The minimum atomic E-state index is -0.225. The van der Waals surface area contributed by atoms with Crippen LogP contribution in [-0.4, -0.2) is 41.0 Å². The second-order valence-electron chi connectivity index (χ2n) is 4.72. The summed E-state index contributed by atoms with van der Waals surface area (Å²) in [7, 11) is 0. The summed E-state index contributed by atoms with van der Waals surface area (Å²) in [4.78, 5) is 10.1. The number of nitrogens with zero attached hydrogens (tertiary/aromatic N) is 2. The zero-order valence-corrected chi connectivity index (χ0v) is 10.2. The number of aromatic amines is 1. The number of benzene rings is 1. The Morgan fingerprint density at radius 3 is 3.17 bits per heavy atom. The molecule has 18 heavy (non-hydrogen) atoms. The molecule has 1 aromatic carbocycles. The van der Waals surface area contributed by atoms with Crippen LogP contribution in [0.2, 0.25) is 0 Å². The van der Waals surface area contributed by atoms with E-state index in [0.29, 0.717) is 0 Å². The molecule has 2 N–H and O–H groups in total. The van der Waals surface area contributed by atoms with Crippen molar-refractivity contribution in [3.05, 3.63) is 29.8 Å². The van der Waals surface area contributed by atoms with Crippen molar-refractivity contribution in [2.75, 3.05) is 26.2 Å². The smallest absolute Gasteiger partial charge is 0.125 e. The number of hydrogen-bond acceptors (Lipinski definition) is 3. The molecule has 2 heterocycles. The van der Waals surface area contributed by atoms with Gasteiger partial charge in [-0.2, -0.15) is 0 Å². The fourth-order valence-electron chi connectivity index (χ4n) is 2.38. The van der Waals surface area contributed by atoms with Gasteiger partial charge in [-0.25, -0.2) is 9.37 Å². The molecule has 1 saturated heterocycles. The average molecular weight is 248 g/mol. The van der Waals surface area contributed by atoms with Gasteiger partial charge in [0.1, 0.15) is 11.6 Å². The van der Waals surface area contributed by atoms with Crippen LogP contribution in [0.5, 0.6) is 0 Å². The fraction of sp³-hybridized carbons (Fsp3) is 0.462. The van der Waals surface area contributed by atoms with Crippen LogP contribution in [0.1, 0.15) is 12.2 Å². The Balaban J connectivity index is 1.77. The van der Waals surface area contributed by atoms with Crippen molar-refractivity contribution in [2.24, 2.45) is 0 Å². The van der Waals surface area contributed by atoms with Crippen molar-refractivity contribution in [3.8, 4) is 0 Å². The molecule has 1 fully saturated rings.